The zero-order chi connectivity index (χ0) is 10.7. The van der Waals surface area contributed by atoms with E-state index in [0.29, 0.717) is 0 Å². The molecule has 0 aromatic rings. The van der Waals surface area contributed by atoms with Crippen molar-refractivity contribution in [1.82, 2.24) is 0 Å². The van der Waals surface area contributed by atoms with Crippen molar-refractivity contribution in [1.29, 1.82) is 0 Å². The van der Waals surface area contributed by atoms with Crippen LogP contribution in [-0.2, 0) is 4.74 Å². The number of azide groups is 1. The number of aliphatic hydroxyl groups excluding tert-OH is 4. The van der Waals surface area contributed by atoms with Crippen LogP contribution in [0.25, 0.3) is 10.4 Å². The van der Waals surface area contributed by atoms with E-state index in [-0.39, 0.29) is 0 Å². The Hall–Kier alpha value is -0.890. The molecule has 0 bridgehead atoms. The second-order valence-corrected chi connectivity index (χ2v) is 2.92. The highest BCUT2D eigenvalue weighted by atomic mass is 16.6. The van der Waals surface area contributed by atoms with Gasteiger partial charge in [-0.2, -0.15) is 0 Å². The van der Waals surface area contributed by atoms with Crippen LogP contribution >= 0.6 is 0 Å². The quantitative estimate of drug-likeness (QED) is 0.237. The standard InChI is InChI=1S/C6H11N3O5/c7-9-8-3-2(1-10)14-6(13)5(12)4(3)11/h2-6,10-13H,1H2/t2-,3-,4+,5-,6+/m1/s1. The summed E-state index contributed by atoms with van der Waals surface area (Å²) in [5, 5.41) is 39.6. The first kappa shape index (κ1) is 11.2. The number of nitrogens with zero attached hydrogens (tertiary/aromatic N) is 3. The van der Waals surface area contributed by atoms with Crippen LogP contribution in [0, 0.1) is 0 Å². The molecule has 80 valence electrons. The molecular weight excluding hydrogens is 194 g/mol. The van der Waals surface area contributed by atoms with Crippen molar-refractivity contribution in [2.75, 3.05) is 6.61 Å². The van der Waals surface area contributed by atoms with Gasteiger partial charge in [-0.3, -0.25) is 0 Å². The molecule has 0 aromatic heterocycles. The summed E-state index contributed by atoms with van der Waals surface area (Å²) in [6, 6.07) is -1.11. The Morgan fingerprint density at radius 1 is 1.29 bits per heavy atom. The maximum Gasteiger partial charge on any atom is 0.183 e. The minimum Gasteiger partial charge on any atom is -0.394 e. The Morgan fingerprint density at radius 3 is 2.43 bits per heavy atom. The molecule has 0 unspecified atom stereocenters. The summed E-state index contributed by atoms with van der Waals surface area (Å²) in [6.07, 6.45) is -5.60. The fraction of sp³-hybridized carbons (Fsp3) is 1.00. The molecule has 1 rings (SSSR count). The van der Waals surface area contributed by atoms with E-state index in [1.807, 2.05) is 0 Å². The number of hydrogen-bond acceptors (Lipinski definition) is 6. The van der Waals surface area contributed by atoms with Gasteiger partial charge in [-0.25, -0.2) is 0 Å². The topological polar surface area (TPSA) is 139 Å². The second-order valence-electron chi connectivity index (χ2n) is 2.92. The summed E-state index contributed by atoms with van der Waals surface area (Å²) >= 11 is 0. The lowest BCUT2D eigenvalue weighted by Gasteiger charge is -2.37. The number of ether oxygens (including phenoxy) is 1. The van der Waals surface area contributed by atoms with E-state index in [9.17, 15) is 5.11 Å². The molecule has 0 aromatic carbocycles. The largest absolute Gasteiger partial charge is 0.394 e. The highest BCUT2D eigenvalue weighted by molar-refractivity contribution is 4.93. The van der Waals surface area contributed by atoms with E-state index in [2.05, 4.69) is 10.0 Å². The third-order valence-corrected chi connectivity index (χ3v) is 2.05. The van der Waals surface area contributed by atoms with E-state index >= 15 is 0 Å². The summed E-state index contributed by atoms with van der Waals surface area (Å²) in [4.78, 5) is 2.45. The number of aliphatic hydroxyl groups is 4. The number of hydrogen-bond donors (Lipinski definition) is 4. The van der Waals surface area contributed by atoms with Crippen molar-refractivity contribution in [2.45, 2.75) is 30.6 Å². The fourth-order valence-electron chi connectivity index (χ4n) is 1.28. The molecule has 0 spiro atoms. The van der Waals surface area contributed by atoms with Crippen LogP contribution < -0.4 is 0 Å². The molecule has 1 saturated heterocycles. The van der Waals surface area contributed by atoms with Crippen LogP contribution in [0.2, 0.25) is 0 Å². The Balaban J connectivity index is 2.82. The van der Waals surface area contributed by atoms with Gasteiger partial charge in [0.15, 0.2) is 6.29 Å². The van der Waals surface area contributed by atoms with Gasteiger partial charge < -0.3 is 25.2 Å². The first-order valence-corrected chi connectivity index (χ1v) is 3.96. The lowest BCUT2D eigenvalue weighted by molar-refractivity contribution is -0.258. The summed E-state index contributed by atoms with van der Waals surface area (Å²) in [7, 11) is 0. The minimum absolute atomic E-state index is 0.523. The van der Waals surface area contributed by atoms with E-state index < -0.39 is 37.3 Å². The third kappa shape index (κ3) is 1.95. The molecule has 1 heterocycles. The van der Waals surface area contributed by atoms with Crippen LogP contribution in [0.4, 0.5) is 0 Å². The monoisotopic (exact) mass is 205 g/mol. The molecule has 14 heavy (non-hydrogen) atoms. The number of rotatable bonds is 2. The van der Waals surface area contributed by atoms with Crippen LogP contribution in [0.1, 0.15) is 0 Å². The summed E-state index contributed by atoms with van der Waals surface area (Å²) < 4.78 is 4.71. The molecule has 1 aliphatic heterocycles. The average Bonchev–Trinajstić information content (AvgIpc) is 2.19. The molecule has 5 atom stereocenters. The minimum atomic E-state index is -1.59. The van der Waals surface area contributed by atoms with Crippen molar-refractivity contribution >= 4 is 0 Å². The Morgan fingerprint density at radius 2 is 1.93 bits per heavy atom. The first-order valence-electron chi connectivity index (χ1n) is 3.96. The van der Waals surface area contributed by atoms with Gasteiger partial charge in [-0.1, -0.05) is 5.11 Å². The predicted molar refractivity (Wildman–Crippen MR) is 42.9 cm³/mol. The first-order chi connectivity index (χ1) is 6.61. The normalized spacial score (nSPS) is 43.0. The Kier molecular flexibility index (Phi) is 3.64. The summed E-state index contributed by atoms with van der Waals surface area (Å²) in [6.45, 7) is -0.523. The lowest BCUT2D eigenvalue weighted by atomic mass is 9.97. The van der Waals surface area contributed by atoms with Crippen LogP contribution in [0.3, 0.4) is 0 Å². The molecule has 0 aliphatic carbocycles. The molecular formula is C6H11N3O5. The van der Waals surface area contributed by atoms with E-state index in [0.717, 1.165) is 0 Å². The van der Waals surface area contributed by atoms with Crippen LogP contribution in [0.5, 0.6) is 0 Å². The van der Waals surface area contributed by atoms with Gasteiger partial charge in [0.1, 0.15) is 6.10 Å². The van der Waals surface area contributed by atoms with Crippen LogP contribution in [-0.4, -0.2) is 57.7 Å². The molecule has 1 aliphatic rings. The Bertz CT molecular complexity index is 242. The smallest absolute Gasteiger partial charge is 0.183 e. The average molecular weight is 205 g/mol. The maximum absolute atomic E-state index is 9.37. The third-order valence-electron chi connectivity index (χ3n) is 2.05. The van der Waals surface area contributed by atoms with Gasteiger partial charge in [0.25, 0.3) is 0 Å². The van der Waals surface area contributed by atoms with Gasteiger partial charge in [0.05, 0.1) is 24.9 Å². The predicted octanol–water partition coefficient (Wildman–Crippen LogP) is -1.90. The van der Waals surface area contributed by atoms with Crippen molar-refractivity contribution in [3.05, 3.63) is 10.4 Å². The molecule has 0 amide bonds. The molecule has 4 N–H and O–H groups in total. The molecule has 0 saturated carbocycles. The highest BCUT2D eigenvalue weighted by Gasteiger charge is 2.43. The van der Waals surface area contributed by atoms with Crippen molar-refractivity contribution in [3.8, 4) is 0 Å². The van der Waals surface area contributed by atoms with Gasteiger partial charge in [-0.15, -0.1) is 0 Å². The second kappa shape index (κ2) is 4.56. The van der Waals surface area contributed by atoms with Gasteiger partial charge in [0, 0.05) is 4.91 Å². The van der Waals surface area contributed by atoms with Gasteiger partial charge in [-0.05, 0) is 5.53 Å². The van der Waals surface area contributed by atoms with Crippen molar-refractivity contribution in [3.63, 3.8) is 0 Å². The molecule has 8 heteroatoms. The summed E-state index contributed by atoms with van der Waals surface area (Å²) in [5.41, 5.74) is 8.17. The zero-order valence-corrected chi connectivity index (χ0v) is 7.13. The highest BCUT2D eigenvalue weighted by Crippen LogP contribution is 2.22. The lowest BCUT2D eigenvalue weighted by Crippen LogP contribution is -2.57. The Labute approximate surface area is 79.0 Å². The van der Waals surface area contributed by atoms with E-state index in [1.165, 1.54) is 0 Å². The van der Waals surface area contributed by atoms with Crippen LogP contribution in [0.15, 0.2) is 5.11 Å². The SMILES string of the molecule is [N-]=[N+]=N[C@H]1[C@H](O)[C@@H](O)[C@@H](O)O[C@@H]1CO. The zero-order valence-electron chi connectivity index (χ0n) is 7.13. The van der Waals surface area contributed by atoms with E-state index in [4.69, 9.17) is 25.6 Å². The molecule has 8 nitrogen and oxygen atoms in total. The molecule has 0 radical (unpaired) electrons. The maximum atomic E-state index is 9.37. The molecule has 1 fully saturated rings. The fourth-order valence-corrected chi connectivity index (χ4v) is 1.28. The van der Waals surface area contributed by atoms with Gasteiger partial charge in [0.2, 0.25) is 0 Å². The van der Waals surface area contributed by atoms with E-state index in [1.54, 1.807) is 0 Å². The van der Waals surface area contributed by atoms with Gasteiger partial charge >= 0.3 is 0 Å². The van der Waals surface area contributed by atoms with Crippen molar-refractivity contribution < 1.29 is 25.2 Å². The summed E-state index contributed by atoms with van der Waals surface area (Å²) in [5.74, 6) is 0. The van der Waals surface area contributed by atoms with Crippen molar-refractivity contribution in [2.24, 2.45) is 5.11 Å².